The molecule has 1 atom stereocenters. The zero-order chi connectivity index (χ0) is 17.9. The van der Waals surface area contributed by atoms with Crippen LogP contribution in [0.1, 0.15) is 36.6 Å². The predicted octanol–water partition coefficient (Wildman–Crippen LogP) is 3.51. The Labute approximate surface area is 141 Å². The maximum Gasteiger partial charge on any atom is 0.270 e. The van der Waals surface area contributed by atoms with E-state index in [1.54, 1.807) is 13.8 Å². The lowest BCUT2D eigenvalue weighted by atomic mass is 10.1. The third-order valence-electron chi connectivity index (χ3n) is 3.89. The molecule has 0 aliphatic carbocycles. The van der Waals surface area contributed by atoms with Gasteiger partial charge in [-0.2, -0.15) is 0 Å². The highest BCUT2D eigenvalue weighted by atomic mass is 32.2. The summed E-state index contributed by atoms with van der Waals surface area (Å²) in [5, 5.41) is 10.9. The first-order chi connectivity index (χ1) is 11.2. The molecule has 0 unspecified atom stereocenters. The summed E-state index contributed by atoms with van der Waals surface area (Å²) >= 11 is 0. The Balaban J connectivity index is 2.30. The molecule has 0 bridgehead atoms. The normalized spacial score (nSPS) is 12.8. The fourth-order valence-corrected chi connectivity index (χ4v) is 3.89. The van der Waals surface area contributed by atoms with Crippen molar-refractivity contribution in [2.75, 3.05) is 0 Å². The zero-order valence-electron chi connectivity index (χ0n) is 13.8. The van der Waals surface area contributed by atoms with Gasteiger partial charge >= 0.3 is 0 Å². The Hall–Kier alpha value is -2.25. The summed E-state index contributed by atoms with van der Waals surface area (Å²) in [6.45, 7) is 5.40. The van der Waals surface area contributed by atoms with Crippen LogP contribution in [0.2, 0.25) is 0 Å². The molecule has 0 saturated carbocycles. The van der Waals surface area contributed by atoms with Crippen LogP contribution in [-0.4, -0.2) is 13.3 Å². The summed E-state index contributed by atoms with van der Waals surface area (Å²) in [6.07, 6.45) is 0.910. The monoisotopic (exact) mass is 348 g/mol. The predicted molar refractivity (Wildman–Crippen MR) is 92.4 cm³/mol. The molecule has 0 heterocycles. The summed E-state index contributed by atoms with van der Waals surface area (Å²) in [5.74, 6) is 0. The van der Waals surface area contributed by atoms with E-state index < -0.39 is 21.0 Å². The van der Waals surface area contributed by atoms with Gasteiger partial charge in [-0.15, -0.1) is 0 Å². The molecule has 0 spiro atoms. The maximum absolute atomic E-state index is 12.6. The van der Waals surface area contributed by atoms with E-state index in [0.717, 1.165) is 18.1 Å². The van der Waals surface area contributed by atoms with Crippen LogP contribution in [0.3, 0.4) is 0 Å². The van der Waals surface area contributed by atoms with Crippen molar-refractivity contribution in [1.82, 2.24) is 4.72 Å². The lowest BCUT2D eigenvalue weighted by Crippen LogP contribution is -2.27. The molecule has 0 aliphatic heterocycles. The Bertz CT molecular complexity index is 845. The van der Waals surface area contributed by atoms with Crippen molar-refractivity contribution in [1.29, 1.82) is 0 Å². The van der Waals surface area contributed by atoms with Crippen molar-refractivity contribution in [3.05, 3.63) is 69.3 Å². The molecule has 2 aromatic carbocycles. The average Bonchev–Trinajstić information content (AvgIpc) is 2.54. The molecule has 0 fully saturated rings. The van der Waals surface area contributed by atoms with Crippen LogP contribution in [0.5, 0.6) is 0 Å². The van der Waals surface area contributed by atoms with Gasteiger partial charge < -0.3 is 0 Å². The molecule has 128 valence electrons. The number of nitro benzene ring substituents is 1. The first-order valence-corrected chi connectivity index (χ1v) is 9.09. The molecule has 0 aliphatic rings. The summed E-state index contributed by atoms with van der Waals surface area (Å²) in [4.78, 5) is 10.2. The molecule has 0 aromatic heterocycles. The van der Waals surface area contributed by atoms with E-state index in [9.17, 15) is 18.5 Å². The van der Waals surface area contributed by atoms with Crippen molar-refractivity contribution in [2.45, 2.75) is 38.1 Å². The molecule has 7 heteroatoms. The minimum Gasteiger partial charge on any atom is -0.258 e. The Morgan fingerprint density at radius 2 is 1.79 bits per heavy atom. The molecule has 1 N–H and O–H groups in total. The fraction of sp³-hybridized carbons (Fsp3) is 0.294. The number of aryl methyl sites for hydroxylation is 2. The highest BCUT2D eigenvalue weighted by Crippen LogP contribution is 2.24. The van der Waals surface area contributed by atoms with Gasteiger partial charge in [0.15, 0.2) is 0 Å². The second kappa shape index (κ2) is 7.11. The molecular weight excluding hydrogens is 328 g/mol. The molecular formula is C17H20N2O4S. The van der Waals surface area contributed by atoms with E-state index in [1.165, 1.54) is 17.7 Å². The summed E-state index contributed by atoms with van der Waals surface area (Å²) in [5.41, 5.74) is 2.21. The van der Waals surface area contributed by atoms with E-state index in [1.807, 2.05) is 31.2 Å². The van der Waals surface area contributed by atoms with Gasteiger partial charge in [-0.25, -0.2) is 13.1 Å². The van der Waals surface area contributed by atoms with Crippen LogP contribution in [0.25, 0.3) is 0 Å². The van der Waals surface area contributed by atoms with Crippen LogP contribution in [0, 0.1) is 17.0 Å². The molecule has 0 radical (unpaired) electrons. The molecule has 0 saturated heterocycles. The highest BCUT2D eigenvalue weighted by Gasteiger charge is 2.23. The van der Waals surface area contributed by atoms with Crippen LogP contribution in [-0.2, 0) is 16.4 Å². The zero-order valence-corrected chi connectivity index (χ0v) is 14.6. The summed E-state index contributed by atoms with van der Waals surface area (Å²) in [6, 6.07) is 11.1. The highest BCUT2D eigenvalue weighted by molar-refractivity contribution is 7.89. The van der Waals surface area contributed by atoms with E-state index in [-0.39, 0.29) is 10.6 Å². The van der Waals surface area contributed by atoms with Crippen LogP contribution >= 0.6 is 0 Å². The molecule has 6 nitrogen and oxygen atoms in total. The van der Waals surface area contributed by atoms with Gasteiger partial charge in [-0.05, 0) is 37.0 Å². The fourth-order valence-electron chi connectivity index (χ4n) is 2.40. The summed E-state index contributed by atoms with van der Waals surface area (Å²) < 4.78 is 27.8. The number of rotatable bonds is 6. The minimum atomic E-state index is -3.86. The third-order valence-corrected chi connectivity index (χ3v) is 5.57. The smallest absolute Gasteiger partial charge is 0.258 e. The van der Waals surface area contributed by atoms with Crippen molar-refractivity contribution in [3.63, 3.8) is 0 Å². The van der Waals surface area contributed by atoms with Gasteiger partial charge in [0, 0.05) is 18.2 Å². The standard InChI is InChI=1S/C17H20N2O4S/c1-4-14-6-8-15(9-7-14)13(3)18-24(22,23)17-11-16(19(20)21)10-5-12(17)2/h5-11,13,18H,4H2,1-3H3/t13-/m1/s1. The number of nitrogens with one attached hydrogen (secondary N) is 1. The third kappa shape index (κ3) is 3.98. The van der Waals surface area contributed by atoms with Crippen molar-refractivity contribution in [3.8, 4) is 0 Å². The van der Waals surface area contributed by atoms with Gasteiger partial charge in [-0.3, -0.25) is 10.1 Å². The second-order valence-electron chi connectivity index (χ2n) is 5.65. The quantitative estimate of drug-likeness (QED) is 0.639. The van der Waals surface area contributed by atoms with Crippen LogP contribution in [0.15, 0.2) is 47.4 Å². The van der Waals surface area contributed by atoms with Crippen LogP contribution in [0.4, 0.5) is 5.69 Å². The largest absolute Gasteiger partial charge is 0.270 e. The van der Waals surface area contributed by atoms with E-state index in [4.69, 9.17) is 0 Å². The first kappa shape index (κ1) is 18.1. The van der Waals surface area contributed by atoms with Gasteiger partial charge in [0.2, 0.25) is 10.0 Å². The van der Waals surface area contributed by atoms with Crippen molar-refractivity contribution >= 4 is 15.7 Å². The molecule has 2 aromatic rings. The average molecular weight is 348 g/mol. The van der Waals surface area contributed by atoms with E-state index in [2.05, 4.69) is 4.72 Å². The first-order valence-electron chi connectivity index (χ1n) is 7.61. The summed E-state index contributed by atoms with van der Waals surface area (Å²) in [7, 11) is -3.86. The molecule has 2 rings (SSSR count). The second-order valence-corrected chi connectivity index (χ2v) is 7.33. The Morgan fingerprint density at radius 1 is 1.17 bits per heavy atom. The SMILES string of the molecule is CCc1ccc([C@@H](C)NS(=O)(=O)c2cc([N+](=O)[O-])ccc2C)cc1. The van der Waals surface area contributed by atoms with E-state index in [0.29, 0.717) is 5.56 Å². The number of nitrogens with zero attached hydrogens (tertiary/aromatic N) is 1. The van der Waals surface area contributed by atoms with Gasteiger partial charge in [0.05, 0.1) is 9.82 Å². The molecule has 0 amide bonds. The van der Waals surface area contributed by atoms with Gasteiger partial charge in [0.25, 0.3) is 5.69 Å². The molecule has 24 heavy (non-hydrogen) atoms. The van der Waals surface area contributed by atoms with Crippen molar-refractivity contribution in [2.24, 2.45) is 0 Å². The topological polar surface area (TPSA) is 89.3 Å². The number of hydrogen-bond donors (Lipinski definition) is 1. The van der Waals surface area contributed by atoms with Crippen LogP contribution < -0.4 is 4.72 Å². The maximum atomic E-state index is 12.6. The number of benzene rings is 2. The number of sulfonamides is 1. The Morgan fingerprint density at radius 3 is 2.33 bits per heavy atom. The number of non-ortho nitro benzene ring substituents is 1. The van der Waals surface area contributed by atoms with E-state index >= 15 is 0 Å². The Kier molecular flexibility index (Phi) is 5.36. The lowest BCUT2D eigenvalue weighted by molar-refractivity contribution is -0.385. The minimum absolute atomic E-state index is 0.0753. The van der Waals surface area contributed by atoms with Gasteiger partial charge in [-0.1, -0.05) is 37.3 Å². The van der Waals surface area contributed by atoms with Crippen molar-refractivity contribution < 1.29 is 13.3 Å². The number of nitro groups is 1. The van der Waals surface area contributed by atoms with Gasteiger partial charge in [0.1, 0.15) is 0 Å². The number of hydrogen-bond acceptors (Lipinski definition) is 4. The lowest BCUT2D eigenvalue weighted by Gasteiger charge is -2.16.